The van der Waals surface area contributed by atoms with Crippen molar-refractivity contribution in [1.82, 2.24) is 10.6 Å². The number of aliphatic hydroxyl groups excluding tert-OH is 1. The molecule has 0 aliphatic rings. The molecule has 2 atom stereocenters. The maximum absolute atomic E-state index is 11.3. The number of hydrogen-bond donors (Lipinski definition) is 3. The molecule has 0 saturated heterocycles. The molecule has 4 nitrogen and oxygen atoms in total. The van der Waals surface area contributed by atoms with E-state index in [1.54, 1.807) is 6.92 Å². The molecule has 1 amide bonds. The lowest BCUT2D eigenvalue weighted by molar-refractivity contribution is -0.122. The van der Waals surface area contributed by atoms with Gasteiger partial charge in [0.15, 0.2) is 0 Å². The van der Waals surface area contributed by atoms with E-state index in [0.29, 0.717) is 19.5 Å². The summed E-state index contributed by atoms with van der Waals surface area (Å²) < 4.78 is 0. The van der Waals surface area contributed by atoms with E-state index < -0.39 is 0 Å². The standard InChI is InChI=1S/C10H22N2O2/c1-4-6-11-10(14)8(3)12-7-9(13)5-2/h8-9,12-13H,4-7H2,1-3H3,(H,11,14). The van der Waals surface area contributed by atoms with Gasteiger partial charge in [-0.3, -0.25) is 4.79 Å². The van der Waals surface area contributed by atoms with Crippen LogP contribution < -0.4 is 10.6 Å². The van der Waals surface area contributed by atoms with Gasteiger partial charge in [0.05, 0.1) is 12.1 Å². The SMILES string of the molecule is CCCNC(=O)C(C)NCC(O)CC. The van der Waals surface area contributed by atoms with E-state index >= 15 is 0 Å². The summed E-state index contributed by atoms with van der Waals surface area (Å²) in [5.41, 5.74) is 0. The van der Waals surface area contributed by atoms with Crippen molar-refractivity contribution in [1.29, 1.82) is 0 Å². The van der Waals surface area contributed by atoms with E-state index in [-0.39, 0.29) is 18.1 Å². The molecule has 0 radical (unpaired) electrons. The van der Waals surface area contributed by atoms with Crippen molar-refractivity contribution in [3.63, 3.8) is 0 Å². The molecular weight excluding hydrogens is 180 g/mol. The summed E-state index contributed by atoms with van der Waals surface area (Å²) in [6.45, 7) is 6.90. The Morgan fingerprint density at radius 1 is 1.43 bits per heavy atom. The van der Waals surface area contributed by atoms with Crippen molar-refractivity contribution in [3.05, 3.63) is 0 Å². The maximum atomic E-state index is 11.3. The summed E-state index contributed by atoms with van der Waals surface area (Å²) in [6.07, 6.45) is 1.28. The molecular formula is C10H22N2O2. The lowest BCUT2D eigenvalue weighted by atomic mass is 10.2. The second kappa shape index (κ2) is 7.76. The highest BCUT2D eigenvalue weighted by Gasteiger charge is 2.12. The second-order valence-corrected chi connectivity index (χ2v) is 3.48. The first kappa shape index (κ1) is 13.4. The van der Waals surface area contributed by atoms with E-state index in [9.17, 15) is 9.90 Å². The Bertz CT molecular complexity index is 162. The number of hydrogen-bond acceptors (Lipinski definition) is 3. The van der Waals surface area contributed by atoms with Crippen molar-refractivity contribution in [3.8, 4) is 0 Å². The second-order valence-electron chi connectivity index (χ2n) is 3.48. The number of amides is 1. The molecule has 0 fully saturated rings. The fourth-order valence-electron chi connectivity index (χ4n) is 0.951. The van der Waals surface area contributed by atoms with E-state index in [1.165, 1.54) is 0 Å². The zero-order chi connectivity index (χ0) is 11.0. The largest absolute Gasteiger partial charge is 0.392 e. The topological polar surface area (TPSA) is 61.4 Å². The normalized spacial score (nSPS) is 14.9. The number of rotatable bonds is 7. The highest BCUT2D eigenvalue weighted by molar-refractivity contribution is 5.81. The van der Waals surface area contributed by atoms with Crippen LogP contribution in [0.5, 0.6) is 0 Å². The van der Waals surface area contributed by atoms with Crippen LogP contribution in [0.3, 0.4) is 0 Å². The van der Waals surface area contributed by atoms with Gasteiger partial charge >= 0.3 is 0 Å². The fourth-order valence-corrected chi connectivity index (χ4v) is 0.951. The average molecular weight is 202 g/mol. The predicted octanol–water partition coefficient (Wildman–Crippen LogP) is 0.262. The highest BCUT2D eigenvalue weighted by atomic mass is 16.3. The third-order valence-electron chi connectivity index (χ3n) is 2.07. The number of carbonyl (C=O) groups is 1. The molecule has 0 aromatic rings. The molecule has 4 heteroatoms. The van der Waals surface area contributed by atoms with Gasteiger partial charge in [-0.15, -0.1) is 0 Å². The third-order valence-corrected chi connectivity index (χ3v) is 2.07. The Morgan fingerprint density at radius 2 is 2.07 bits per heavy atom. The molecule has 3 N–H and O–H groups in total. The van der Waals surface area contributed by atoms with Gasteiger partial charge < -0.3 is 15.7 Å². The number of carbonyl (C=O) groups excluding carboxylic acids is 1. The molecule has 14 heavy (non-hydrogen) atoms. The maximum Gasteiger partial charge on any atom is 0.236 e. The summed E-state index contributed by atoms with van der Waals surface area (Å²) in [4.78, 5) is 11.3. The van der Waals surface area contributed by atoms with Crippen molar-refractivity contribution >= 4 is 5.91 Å². The molecule has 0 aliphatic heterocycles. The molecule has 0 saturated carbocycles. The van der Waals surface area contributed by atoms with Crippen LogP contribution in [0.1, 0.15) is 33.6 Å². The quantitative estimate of drug-likeness (QED) is 0.555. The first-order chi connectivity index (χ1) is 6.61. The van der Waals surface area contributed by atoms with Gasteiger partial charge in [-0.2, -0.15) is 0 Å². The molecule has 0 aromatic carbocycles. The smallest absolute Gasteiger partial charge is 0.236 e. The molecule has 2 unspecified atom stereocenters. The van der Waals surface area contributed by atoms with Crippen LogP contribution in [-0.2, 0) is 4.79 Å². The van der Waals surface area contributed by atoms with Crippen LogP contribution in [0, 0.1) is 0 Å². The van der Waals surface area contributed by atoms with Crippen molar-refractivity contribution in [2.45, 2.75) is 45.8 Å². The Balaban J connectivity index is 3.61. The third kappa shape index (κ3) is 5.94. The molecule has 0 bridgehead atoms. The minimum absolute atomic E-state index is 0.00449. The van der Waals surface area contributed by atoms with Crippen molar-refractivity contribution in [2.24, 2.45) is 0 Å². The molecule has 0 aliphatic carbocycles. The van der Waals surface area contributed by atoms with E-state index in [2.05, 4.69) is 10.6 Å². The molecule has 0 heterocycles. The highest BCUT2D eigenvalue weighted by Crippen LogP contribution is 1.89. The lowest BCUT2D eigenvalue weighted by Crippen LogP contribution is -2.44. The Labute approximate surface area is 86.1 Å². The van der Waals surface area contributed by atoms with E-state index in [4.69, 9.17) is 0 Å². The average Bonchev–Trinajstić information content (AvgIpc) is 2.21. The number of nitrogens with one attached hydrogen (secondary N) is 2. The van der Waals surface area contributed by atoms with Gasteiger partial charge in [-0.1, -0.05) is 13.8 Å². The van der Waals surface area contributed by atoms with Gasteiger partial charge in [0.1, 0.15) is 0 Å². The summed E-state index contributed by atoms with van der Waals surface area (Å²) >= 11 is 0. The summed E-state index contributed by atoms with van der Waals surface area (Å²) in [5, 5.41) is 15.0. The lowest BCUT2D eigenvalue weighted by Gasteiger charge is -2.15. The Kier molecular flexibility index (Phi) is 7.42. The van der Waals surface area contributed by atoms with E-state index in [1.807, 2.05) is 13.8 Å². The van der Waals surface area contributed by atoms with Gasteiger partial charge in [-0.05, 0) is 19.8 Å². The van der Waals surface area contributed by atoms with Crippen molar-refractivity contribution in [2.75, 3.05) is 13.1 Å². The van der Waals surface area contributed by atoms with Crippen LogP contribution >= 0.6 is 0 Å². The van der Waals surface area contributed by atoms with Crippen LogP contribution in [0.2, 0.25) is 0 Å². The minimum atomic E-state index is -0.364. The van der Waals surface area contributed by atoms with Crippen LogP contribution in [0.15, 0.2) is 0 Å². The molecule has 0 aromatic heterocycles. The zero-order valence-electron chi connectivity index (χ0n) is 9.34. The monoisotopic (exact) mass is 202 g/mol. The van der Waals surface area contributed by atoms with Gasteiger partial charge in [0, 0.05) is 13.1 Å². The van der Waals surface area contributed by atoms with Crippen molar-refractivity contribution < 1.29 is 9.90 Å². The van der Waals surface area contributed by atoms with Gasteiger partial charge in [0.2, 0.25) is 5.91 Å². The Morgan fingerprint density at radius 3 is 2.57 bits per heavy atom. The zero-order valence-corrected chi connectivity index (χ0v) is 9.34. The first-order valence-corrected chi connectivity index (χ1v) is 5.30. The number of aliphatic hydroxyl groups is 1. The Hall–Kier alpha value is -0.610. The van der Waals surface area contributed by atoms with Gasteiger partial charge in [-0.25, -0.2) is 0 Å². The summed E-state index contributed by atoms with van der Waals surface area (Å²) in [5.74, 6) is -0.00449. The summed E-state index contributed by atoms with van der Waals surface area (Å²) in [7, 11) is 0. The minimum Gasteiger partial charge on any atom is -0.392 e. The molecule has 0 rings (SSSR count). The van der Waals surface area contributed by atoms with Gasteiger partial charge in [0.25, 0.3) is 0 Å². The van der Waals surface area contributed by atoms with Crippen LogP contribution in [-0.4, -0.2) is 36.2 Å². The predicted molar refractivity (Wildman–Crippen MR) is 57.1 cm³/mol. The molecule has 84 valence electrons. The van der Waals surface area contributed by atoms with Crippen LogP contribution in [0.25, 0.3) is 0 Å². The van der Waals surface area contributed by atoms with Crippen LogP contribution in [0.4, 0.5) is 0 Å². The van der Waals surface area contributed by atoms with E-state index in [0.717, 1.165) is 6.42 Å². The fraction of sp³-hybridized carbons (Fsp3) is 0.900. The molecule has 0 spiro atoms. The first-order valence-electron chi connectivity index (χ1n) is 5.30. The summed E-state index contributed by atoms with van der Waals surface area (Å²) in [6, 6.07) is -0.234.